The smallest absolute Gasteiger partial charge is 0.421 e. The molecule has 2 heterocycles. The van der Waals surface area contributed by atoms with Crippen LogP contribution in [-0.2, 0) is 15.1 Å². The average Bonchev–Trinajstić information content (AvgIpc) is 3.34. The second-order valence-corrected chi connectivity index (χ2v) is 10.9. The number of carbonyl (C=O) groups is 2. The number of anilines is 1. The van der Waals surface area contributed by atoms with Gasteiger partial charge in [-0.25, -0.2) is 9.69 Å². The zero-order chi connectivity index (χ0) is 28.9. The standard InChI is InChI=1S/C31H28N4O5/c1-29(2,3)40-28(37)34-24-13-9-8-12-23(24)31(27(34)36)25(20-14-16-22(39-4)17-15-20)30(18-32,19-33)26(35(31)38)21-10-6-5-7-11-21/h5-17,25-26,38H,1-4H3/t25-,26-,31+/m1/s1. The number of nitrogens with zero attached hydrogens (tertiary/aromatic N) is 4. The van der Waals surface area contributed by atoms with Crippen LogP contribution in [0.2, 0.25) is 0 Å². The Morgan fingerprint density at radius 1 is 0.925 bits per heavy atom. The van der Waals surface area contributed by atoms with Crippen molar-refractivity contribution in [1.82, 2.24) is 5.06 Å². The summed E-state index contributed by atoms with van der Waals surface area (Å²) in [5, 5.41) is 34.5. The minimum atomic E-state index is -2.02. The van der Waals surface area contributed by atoms with E-state index in [1.165, 1.54) is 7.11 Å². The average molecular weight is 537 g/mol. The van der Waals surface area contributed by atoms with Gasteiger partial charge in [0.05, 0.1) is 36.9 Å². The molecule has 40 heavy (non-hydrogen) atoms. The van der Waals surface area contributed by atoms with E-state index in [-0.39, 0.29) is 11.3 Å². The van der Waals surface area contributed by atoms with E-state index in [0.29, 0.717) is 16.9 Å². The normalized spacial score (nSPS) is 23.4. The van der Waals surface area contributed by atoms with Gasteiger partial charge < -0.3 is 14.7 Å². The maximum Gasteiger partial charge on any atom is 0.421 e. The highest BCUT2D eigenvalue weighted by Crippen LogP contribution is 2.68. The fourth-order valence-corrected chi connectivity index (χ4v) is 6.01. The van der Waals surface area contributed by atoms with Crippen LogP contribution in [0, 0.1) is 28.1 Å². The largest absolute Gasteiger partial charge is 0.497 e. The van der Waals surface area contributed by atoms with Crippen LogP contribution < -0.4 is 9.64 Å². The number of fused-ring (bicyclic) bond motifs is 2. The van der Waals surface area contributed by atoms with E-state index in [1.54, 1.807) is 99.6 Å². The number of imide groups is 1. The number of rotatable bonds is 3. The van der Waals surface area contributed by atoms with Crippen molar-refractivity contribution in [2.75, 3.05) is 12.0 Å². The highest BCUT2D eigenvalue weighted by Gasteiger charge is 2.76. The predicted octanol–water partition coefficient (Wildman–Crippen LogP) is 5.44. The summed E-state index contributed by atoms with van der Waals surface area (Å²) in [5.74, 6) is -1.51. The molecule has 0 aliphatic carbocycles. The molecule has 0 saturated carbocycles. The number of nitriles is 2. The molecular formula is C31H28N4O5. The van der Waals surface area contributed by atoms with Crippen molar-refractivity contribution in [3.05, 3.63) is 95.6 Å². The lowest BCUT2D eigenvalue weighted by atomic mass is 9.63. The number of hydroxylamine groups is 2. The zero-order valence-electron chi connectivity index (χ0n) is 22.5. The first-order valence-electron chi connectivity index (χ1n) is 12.7. The number of hydrogen-bond acceptors (Lipinski definition) is 8. The summed E-state index contributed by atoms with van der Waals surface area (Å²) in [7, 11) is 1.51. The van der Waals surface area contributed by atoms with Gasteiger partial charge >= 0.3 is 6.09 Å². The van der Waals surface area contributed by atoms with E-state index in [9.17, 15) is 25.3 Å². The third-order valence-corrected chi connectivity index (χ3v) is 7.51. The number of hydrogen-bond donors (Lipinski definition) is 1. The van der Waals surface area contributed by atoms with Gasteiger partial charge in [-0.15, -0.1) is 0 Å². The molecule has 5 rings (SSSR count). The van der Waals surface area contributed by atoms with Gasteiger partial charge in [-0.05, 0) is 50.1 Å². The minimum absolute atomic E-state index is 0.206. The van der Waals surface area contributed by atoms with Crippen molar-refractivity contribution in [1.29, 1.82) is 10.5 Å². The summed E-state index contributed by atoms with van der Waals surface area (Å²) in [6.45, 7) is 5.05. The highest BCUT2D eigenvalue weighted by molar-refractivity contribution is 6.21. The fourth-order valence-electron chi connectivity index (χ4n) is 6.01. The molecule has 9 heteroatoms. The molecule has 1 fully saturated rings. The van der Waals surface area contributed by atoms with Crippen LogP contribution in [0.4, 0.5) is 10.5 Å². The predicted molar refractivity (Wildman–Crippen MR) is 144 cm³/mol. The Hall–Kier alpha value is -4.70. The number of para-hydroxylation sites is 1. The molecular weight excluding hydrogens is 508 g/mol. The van der Waals surface area contributed by atoms with E-state index in [2.05, 4.69) is 12.1 Å². The van der Waals surface area contributed by atoms with E-state index >= 15 is 0 Å². The maximum absolute atomic E-state index is 14.7. The Morgan fingerprint density at radius 2 is 1.52 bits per heavy atom. The Kier molecular flexibility index (Phi) is 6.38. The molecule has 9 nitrogen and oxygen atoms in total. The van der Waals surface area contributed by atoms with Crippen LogP contribution in [0.1, 0.15) is 49.4 Å². The molecule has 2 aliphatic rings. The lowest BCUT2D eigenvalue weighted by Gasteiger charge is -2.36. The summed E-state index contributed by atoms with van der Waals surface area (Å²) >= 11 is 0. The second-order valence-electron chi connectivity index (χ2n) is 10.9. The third kappa shape index (κ3) is 3.67. The lowest BCUT2D eigenvalue weighted by molar-refractivity contribution is -0.189. The van der Waals surface area contributed by atoms with Crippen molar-refractivity contribution in [3.63, 3.8) is 0 Å². The van der Waals surface area contributed by atoms with Gasteiger partial charge in [0.1, 0.15) is 11.4 Å². The van der Waals surface area contributed by atoms with E-state index in [4.69, 9.17) is 9.47 Å². The number of benzene rings is 3. The van der Waals surface area contributed by atoms with E-state index in [0.717, 1.165) is 9.96 Å². The summed E-state index contributed by atoms with van der Waals surface area (Å²) < 4.78 is 10.9. The van der Waals surface area contributed by atoms with Crippen LogP contribution in [0.15, 0.2) is 78.9 Å². The Bertz CT molecular complexity index is 1540. The first kappa shape index (κ1) is 26.9. The molecule has 2 amide bonds. The molecule has 0 radical (unpaired) electrons. The minimum Gasteiger partial charge on any atom is -0.497 e. The SMILES string of the molecule is COc1ccc([C@@H]2C(C#N)(C#N)[C@@H](c3ccccc3)N(O)[C@]23C(=O)N(C(=O)OC(C)(C)C)c2ccccc23)cc1. The van der Waals surface area contributed by atoms with Crippen molar-refractivity contribution in [2.24, 2.45) is 5.41 Å². The maximum atomic E-state index is 14.7. The van der Waals surface area contributed by atoms with Gasteiger partial charge in [0, 0.05) is 5.56 Å². The first-order valence-corrected chi connectivity index (χ1v) is 12.7. The van der Waals surface area contributed by atoms with Gasteiger partial charge in [0.15, 0.2) is 11.0 Å². The van der Waals surface area contributed by atoms with Crippen LogP contribution in [0.3, 0.4) is 0 Å². The second kappa shape index (κ2) is 9.49. The van der Waals surface area contributed by atoms with E-state index in [1.807, 2.05) is 0 Å². The molecule has 1 saturated heterocycles. The van der Waals surface area contributed by atoms with Gasteiger partial charge in [-0.2, -0.15) is 15.6 Å². The monoisotopic (exact) mass is 536 g/mol. The van der Waals surface area contributed by atoms with Crippen LogP contribution in [0.5, 0.6) is 5.75 Å². The number of ether oxygens (including phenoxy) is 2. The molecule has 3 aromatic rings. The molecule has 0 bridgehead atoms. The van der Waals surface area contributed by atoms with Crippen molar-refractivity contribution in [2.45, 2.75) is 43.9 Å². The molecule has 0 unspecified atom stereocenters. The number of methoxy groups -OCH3 is 1. The summed E-state index contributed by atoms with van der Waals surface area (Å²) in [5.41, 5.74) is -3.51. The third-order valence-electron chi connectivity index (χ3n) is 7.51. The molecule has 1 spiro atoms. The Balaban J connectivity index is 1.85. The van der Waals surface area contributed by atoms with Gasteiger partial charge in [0.25, 0.3) is 5.91 Å². The van der Waals surface area contributed by atoms with Gasteiger partial charge in [-0.1, -0.05) is 60.7 Å². The highest BCUT2D eigenvalue weighted by atomic mass is 16.6. The summed E-state index contributed by atoms with van der Waals surface area (Å²) in [4.78, 5) is 29.1. The Labute approximate surface area is 232 Å². The zero-order valence-corrected chi connectivity index (χ0v) is 22.5. The van der Waals surface area contributed by atoms with Crippen LogP contribution in [-0.4, -0.2) is 35.0 Å². The first-order chi connectivity index (χ1) is 19.1. The fraction of sp³-hybridized carbons (Fsp3) is 0.290. The van der Waals surface area contributed by atoms with Gasteiger partial charge in [0.2, 0.25) is 0 Å². The number of carbonyl (C=O) groups excluding carboxylic acids is 2. The lowest BCUT2D eigenvalue weighted by Crippen LogP contribution is -2.53. The molecule has 3 atom stereocenters. The summed E-state index contributed by atoms with van der Waals surface area (Å²) in [6, 6.07) is 25.0. The van der Waals surface area contributed by atoms with Crippen molar-refractivity contribution < 1.29 is 24.3 Å². The van der Waals surface area contributed by atoms with Crippen molar-refractivity contribution in [3.8, 4) is 17.9 Å². The number of amides is 2. The van der Waals surface area contributed by atoms with Crippen LogP contribution >= 0.6 is 0 Å². The van der Waals surface area contributed by atoms with Gasteiger partial charge in [-0.3, -0.25) is 4.79 Å². The summed E-state index contributed by atoms with van der Waals surface area (Å²) in [6.07, 6.45) is -0.925. The Morgan fingerprint density at radius 3 is 2.10 bits per heavy atom. The van der Waals surface area contributed by atoms with E-state index < -0.39 is 40.5 Å². The molecule has 0 aromatic heterocycles. The molecule has 202 valence electrons. The van der Waals surface area contributed by atoms with Crippen LogP contribution in [0.25, 0.3) is 0 Å². The topological polar surface area (TPSA) is 127 Å². The molecule has 1 N–H and O–H groups in total. The molecule has 3 aromatic carbocycles. The quantitative estimate of drug-likeness (QED) is 0.469. The van der Waals surface area contributed by atoms with Crippen molar-refractivity contribution >= 4 is 17.7 Å². The molecule has 2 aliphatic heterocycles.